The summed E-state index contributed by atoms with van der Waals surface area (Å²) in [5.74, 6) is 0.281. The van der Waals surface area contributed by atoms with Crippen molar-refractivity contribution in [1.82, 2.24) is 14.9 Å². The van der Waals surface area contributed by atoms with Crippen LogP contribution in [0.25, 0.3) is 0 Å². The van der Waals surface area contributed by atoms with Crippen LogP contribution in [0.2, 0.25) is 0 Å². The van der Waals surface area contributed by atoms with E-state index in [0.717, 1.165) is 18.2 Å². The Kier molecular flexibility index (Phi) is 4.69. The van der Waals surface area contributed by atoms with E-state index in [9.17, 15) is 26.3 Å². The van der Waals surface area contributed by atoms with Gasteiger partial charge in [0, 0.05) is 19.4 Å². The molecule has 0 aliphatic carbocycles. The summed E-state index contributed by atoms with van der Waals surface area (Å²) < 4.78 is 80.1. The second kappa shape index (κ2) is 6.23. The van der Waals surface area contributed by atoms with Gasteiger partial charge in [-0.25, -0.2) is 4.98 Å². The maximum atomic E-state index is 13.2. The van der Waals surface area contributed by atoms with Crippen molar-refractivity contribution in [2.75, 3.05) is 0 Å². The summed E-state index contributed by atoms with van der Waals surface area (Å²) in [6.45, 7) is -0.320. The fourth-order valence-corrected chi connectivity index (χ4v) is 2.17. The van der Waals surface area contributed by atoms with Crippen LogP contribution in [-0.4, -0.2) is 15.7 Å². The molecular weight excluding hydrogens is 324 g/mol. The van der Waals surface area contributed by atoms with Crippen molar-refractivity contribution in [2.45, 2.75) is 24.9 Å². The highest BCUT2D eigenvalue weighted by Crippen LogP contribution is 2.40. The third kappa shape index (κ3) is 4.04. The first kappa shape index (κ1) is 17.3. The molecule has 1 atom stereocenters. The molecule has 0 amide bonds. The molecule has 23 heavy (non-hydrogen) atoms. The maximum absolute atomic E-state index is 13.2. The zero-order valence-electron chi connectivity index (χ0n) is 11.9. The van der Waals surface area contributed by atoms with Gasteiger partial charge in [-0.05, 0) is 11.6 Å². The quantitative estimate of drug-likeness (QED) is 0.860. The average Bonchev–Trinajstić information content (AvgIpc) is 2.82. The number of imidazole rings is 1. The maximum Gasteiger partial charge on any atom is 0.416 e. The molecule has 1 aromatic carbocycles. The van der Waals surface area contributed by atoms with Crippen molar-refractivity contribution in [3.05, 3.63) is 53.6 Å². The van der Waals surface area contributed by atoms with E-state index in [1.165, 1.54) is 17.0 Å². The molecular formula is C14H13F6N3. The fraction of sp³-hybridized carbons (Fsp3) is 0.357. The predicted octanol–water partition coefficient (Wildman–Crippen LogP) is 3.83. The SMILES string of the molecule is Cn1ccnc1CN[C@H](c1ccccc1C(F)(F)F)C(F)(F)F. The van der Waals surface area contributed by atoms with Gasteiger partial charge in [-0.3, -0.25) is 5.32 Å². The van der Waals surface area contributed by atoms with Gasteiger partial charge in [0.2, 0.25) is 0 Å². The third-order valence-electron chi connectivity index (χ3n) is 3.29. The number of alkyl halides is 6. The van der Waals surface area contributed by atoms with Crippen molar-refractivity contribution in [3.63, 3.8) is 0 Å². The number of hydrogen-bond donors (Lipinski definition) is 1. The molecule has 0 bridgehead atoms. The molecule has 9 heteroatoms. The number of rotatable bonds is 4. The van der Waals surface area contributed by atoms with Crippen LogP contribution in [0.3, 0.4) is 0 Å². The van der Waals surface area contributed by atoms with Crippen LogP contribution in [0, 0.1) is 0 Å². The zero-order valence-corrected chi connectivity index (χ0v) is 11.9. The lowest BCUT2D eigenvalue weighted by Gasteiger charge is -2.25. The lowest BCUT2D eigenvalue weighted by molar-refractivity contribution is -0.163. The minimum atomic E-state index is -4.88. The second-order valence-corrected chi connectivity index (χ2v) is 4.89. The summed E-state index contributed by atoms with van der Waals surface area (Å²) >= 11 is 0. The smallest absolute Gasteiger partial charge is 0.337 e. The van der Waals surface area contributed by atoms with Crippen LogP contribution >= 0.6 is 0 Å². The predicted molar refractivity (Wildman–Crippen MR) is 70.3 cm³/mol. The highest BCUT2D eigenvalue weighted by Gasteiger charge is 2.45. The van der Waals surface area contributed by atoms with Crippen molar-refractivity contribution >= 4 is 0 Å². The molecule has 1 heterocycles. The normalized spacial score (nSPS) is 14.0. The molecule has 0 fully saturated rings. The number of benzene rings is 1. The topological polar surface area (TPSA) is 29.9 Å². The molecule has 1 aromatic heterocycles. The van der Waals surface area contributed by atoms with Crippen LogP contribution in [0.5, 0.6) is 0 Å². The highest BCUT2D eigenvalue weighted by atomic mass is 19.4. The molecule has 0 aliphatic heterocycles. The Bertz CT molecular complexity index is 659. The third-order valence-corrected chi connectivity index (χ3v) is 3.29. The molecule has 0 spiro atoms. The molecule has 1 N–H and O–H groups in total. The standard InChI is InChI=1S/C14H13F6N3/c1-23-7-6-21-11(23)8-22-12(14(18,19)20)9-4-2-3-5-10(9)13(15,16)17/h2-7,12,22H,8H2,1H3/t12-/m1/s1. The van der Waals surface area contributed by atoms with Gasteiger partial charge in [0.25, 0.3) is 0 Å². The first-order valence-electron chi connectivity index (χ1n) is 6.53. The van der Waals surface area contributed by atoms with Crippen LogP contribution in [-0.2, 0) is 19.8 Å². The van der Waals surface area contributed by atoms with Crippen LogP contribution in [0.4, 0.5) is 26.3 Å². The minimum absolute atomic E-state index is 0.281. The van der Waals surface area contributed by atoms with Crippen LogP contribution in [0.15, 0.2) is 36.7 Å². The molecule has 3 nitrogen and oxygen atoms in total. The molecule has 2 aromatic rings. The summed E-state index contributed by atoms with van der Waals surface area (Å²) in [5, 5.41) is 2.12. The first-order valence-corrected chi connectivity index (χ1v) is 6.53. The van der Waals surface area contributed by atoms with Gasteiger partial charge < -0.3 is 4.57 Å². The number of nitrogens with zero attached hydrogens (tertiary/aromatic N) is 2. The molecule has 126 valence electrons. The van der Waals surface area contributed by atoms with Crippen molar-refractivity contribution < 1.29 is 26.3 Å². The van der Waals surface area contributed by atoms with Crippen molar-refractivity contribution in [2.24, 2.45) is 7.05 Å². The summed E-state index contributed by atoms with van der Waals surface area (Å²) in [5.41, 5.74) is -2.17. The lowest BCUT2D eigenvalue weighted by atomic mass is 9.99. The van der Waals surface area contributed by atoms with Gasteiger partial charge in [-0.2, -0.15) is 26.3 Å². The fourth-order valence-electron chi connectivity index (χ4n) is 2.17. The number of hydrogen-bond acceptors (Lipinski definition) is 2. The highest BCUT2D eigenvalue weighted by molar-refractivity contribution is 5.33. The van der Waals surface area contributed by atoms with Crippen LogP contribution in [0.1, 0.15) is 23.0 Å². The monoisotopic (exact) mass is 337 g/mol. The van der Waals surface area contributed by atoms with Crippen molar-refractivity contribution in [1.29, 1.82) is 0 Å². The minimum Gasteiger partial charge on any atom is -0.337 e. The molecule has 0 aliphatic rings. The van der Waals surface area contributed by atoms with E-state index in [0.29, 0.717) is 6.07 Å². The van der Waals surface area contributed by atoms with Crippen LogP contribution < -0.4 is 5.32 Å². The number of halogens is 6. The summed E-state index contributed by atoms with van der Waals surface area (Å²) in [6.07, 6.45) is -6.83. The number of nitrogens with one attached hydrogen (secondary N) is 1. The Morgan fingerprint density at radius 1 is 1.13 bits per heavy atom. The average molecular weight is 337 g/mol. The van der Waals surface area contributed by atoms with E-state index in [1.807, 2.05) is 0 Å². The largest absolute Gasteiger partial charge is 0.416 e. The molecule has 0 saturated carbocycles. The number of aromatic nitrogens is 2. The Morgan fingerprint density at radius 3 is 2.30 bits per heavy atom. The van der Waals surface area contributed by atoms with Gasteiger partial charge in [0.05, 0.1) is 12.1 Å². The van der Waals surface area contributed by atoms with Gasteiger partial charge in [-0.15, -0.1) is 0 Å². The van der Waals surface area contributed by atoms with E-state index in [1.54, 1.807) is 7.05 Å². The Hall–Kier alpha value is -2.03. The van der Waals surface area contributed by atoms with Gasteiger partial charge in [0.1, 0.15) is 11.9 Å². The Morgan fingerprint density at radius 2 is 1.78 bits per heavy atom. The second-order valence-electron chi connectivity index (χ2n) is 4.89. The lowest BCUT2D eigenvalue weighted by Crippen LogP contribution is -2.35. The van der Waals surface area contributed by atoms with Gasteiger partial charge in [0.15, 0.2) is 0 Å². The summed E-state index contributed by atoms with van der Waals surface area (Å²) in [7, 11) is 1.58. The zero-order chi connectivity index (χ0) is 17.3. The van der Waals surface area contributed by atoms with E-state index < -0.39 is 29.5 Å². The van der Waals surface area contributed by atoms with E-state index >= 15 is 0 Å². The van der Waals surface area contributed by atoms with Gasteiger partial charge >= 0.3 is 12.4 Å². The molecule has 0 unspecified atom stereocenters. The van der Waals surface area contributed by atoms with Crippen molar-refractivity contribution in [3.8, 4) is 0 Å². The summed E-state index contributed by atoms with van der Waals surface area (Å²) in [4.78, 5) is 3.85. The molecule has 0 radical (unpaired) electrons. The molecule has 0 saturated heterocycles. The first-order chi connectivity index (χ1) is 10.6. The summed E-state index contributed by atoms with van der Waals surface area (Å²) in [6, 6.07) is 1.21. The van der Waals surface area contributed by atoms with Gasteiger partial charge in [-0.1, -0.05) is 18.2 Å². The Balaban J connectivity index is 2.35. The van der Waals surface area contributed by atoms with E-state index in [4.69, 9.17) is 0 Å². The number of aryl methyl sites for hydroxylation is 1. The Labute approximate surface area is 127 Å². The van der Waals surface area contributed by atoms with E-state index in [2.05, 4.69) is 10.3 Å². The molecule has 2 rings (SSSR count). The van der Waals surface area contributed by atoms with E-state index in [-0.39, 0.29) is 12.4 Å².